The molecule has 1 rings (SSSR count). The van der Waals surface area contributed by atoms with Crippen LogP contribution in [-0.2, 0) is 6.42 Å². The summed E-state index contributed by atoms with van der Waals surface area (Å²) in [6.45, 7) is 5.03. The molecular weight excluding hydrogens is 266 g/mol. The van der Waals surface area contributed by atoms with Crippen molar-refractivity contribution < 1.29 is 4.74 Å². The van der Waals surface area contributed by atoms with Crippen LogP contribution in [0.15, 0.2) is 16.6 Å². The van der Waals surface area contributed by atoms with Crippen LogP contribution in [-0.4, -0.2) is 6.61 Å². The first-order chi connectivity index (χ1) is 7.69. The van der Waals surface area contributed by atoms with E-state index < -0.39 is 0 Å². The maximum atomic E-state index is 5.96. The highest BCUT2D eigenvalue weighted by Crippen LogP contribution is 2.33. The highest BCUT2D eigenvalue weighted by Gasteiger charge is 2.07. The van der Waals surface area contributed by atoms with Crippen LogP contribution >= 0.6 is 15.9 Å². The zero-order valence-electron chi connectivity index (χ0n) is 10.1. The molecule has 0 aliphatic rings. The highest BCUT2D eigenvalue weighted by molar-refractivity contribution is 9.10. The molecule has 3 heteroatoms. The Morgan fingerprint density at radius 3 is 2.56 bits per heavy atom. The van der Waals surface area contributed by atoms with Crippen LogP contribution in [0.5, 0.6) is 5.75 Å². The second-order valence-corrected chi connectivity index (χ2v) is 4.76. The Labute approximate surface area is 106 Å². The summed E-state index contributed by atoms with van der Waals surface area (Å²) in [6.07, 6.45) is 4.47. The molecule has 1 aromatic carbocycles. The summed E-state index contributed by atoms with van der Waals surface area (Å²) in [5.41, 5.74) is 7.91. The number of halogens is 1. The van der Waals surface area contributed by atoms with Gasteiger partial charge in [-0.05, 0) is 46.5 Å². The first-order valence-electron chi connectivity index (χ1n) is 5.89. The third-order valence-corrected chi connectivity index (χ3v) is 3.12. The Kier molecular flexibility index (Phi) is 5.67. The van der Waals surface area contributed by atoms with E-state index in [4.69, 9.17) is 10.5 Å². The van der Waals surface area contributed by atoms with Crippen molar-refractivity contribution in [1.29, 1.82) is 0 Å². The minimum absolute atomic E-state index is 0.725. The van der Waals surface area contributed by atoms with E-state index in [1.165, 1.54) is 18.4 Å². The lowest BCUT2D eigenvalue weighted by atomic mass is 10.1. The Hall–Kier alpha value is -0.700. The van der Waals surface area contributed by atoms with Gasteiger partial charge >= 0.3 is 0 Å². The molecular formula is C13H20BrNO. The van der Waals surface area contributed by atoms with Crippen LogP contribution in [0.25, 0.3) is 0 Å². The highest BCUT2D eigenvalue weighted by atomic mass is 79.9. The summed E-state index contributed by atoms with van der Waals surface area (Å²) in [7, 11) is 0. The largest absolute Gasteiger partial charge is 0.490 e. The van der Waals surface area contributed by atoms with Crippen molar-refractivity contribution in [1.82, 2.24) is 0 Å². The molecule has 2 N–H and O–H groups in total. The Balaban J connectivity index is 2.65. The molecule has 16 heavy (non-hydrogen) atoms. The Morgan fingerprint density at radius 1 is 1.25 bits per heavy atom. The zero-order chi connectivity index (χ0) is 12.0. The molecule has 0 aliphatic carbocycles. The summed E-state index contributed by atoms with van der Waals surface area (Å²) in [5, 5.41) is 0. The van der Waals surface area contributed by atoms with Gasteiger partial charge < -0.3 is 10.5 Å². The van der Waals surface area contributed by atoms with Crippen molar-refractivity contribution in [3.8, 4) is 5.75 Å². The van der Waals surface area contributed by atoms with Crippen LogP contribution in [0.2, 0.25) is 0 Å². The van der Waals surface area contributed by atoms with E-state index in [2.05, 4.69) is 35.8 Å². The van der Waals surface area contributed by atoms with Gasteiger partial charge in [0.15, 0.2) is 5.75 Å². The summed E-state index contributed by atoms with van der Waals surface area (Å²) >= 11 is 3.50. The number of hydrogen-bond donors (Lipinski definition) is 1. The number of nitrogen functional groups attached to an aromatic ring is 1. The van der Waals surface area contributed by atoms with Crippen LogP contribution in [0.1, 0.15) is 38.7 Å². The van der Waals surface area contributed by atoms with E-state index in [-0.39, 0.29) is 0 Å². The predicted molar refractivity (Wildman–Crippen MR) is 73.0 cm³/mol. The number of anilines is 1. The maximum absolute atomic E-state index is 5.96. The third kappa shape index (κ3) is 3.71. The first-order valence-corrected chi connectivity index (χ1v) is 6.69. The average Bonchev–Trinajstić information content (AvgIpc) is 2.26. The summed E-state index contributed by atoms with van der Waals surface area (Å²) in [6, 6.07) is 4.06. The smallest absolute Gasteiger partial charge is 0.156 e. The number of aryl methyl sites for hydroxylation is 1. The maximum Gasteiger partial charge on any atom is 0.156 e. The molecule has 0 aliphatic heterocycles. The van der Waals surface area contributed by atoms with E-state index in [1.54, 1.807) is 0 Å². The number of ether oxygens (including phenoxy) is 1. The molecule has 0 atom stereocenters. The number of hydrogen-bond acceptors (Lipinski definition) is 2. The molecule has 0 spiro atoms. The topological polar surface area (TPSA) is 35.2 Å². The van der Waals surface area contributed by atoms with Gasteiger partial charge in [-0.15, -0.1) is 0 Å². The molecule has 1 aromatic rings. The molecule has 0 amide bonds. The summed E-state index contributed by atoms with van der Waals surface area (Å²) < 4.78 is 6.66. The lowest BCUT2D eigenvalue weighted by Crippen LogP contribution is -2.02. The number of nitrogens with two attached hydrogens (primary N) is 1. The lowest BCUT2D eigenvalue weighted by molar-refractivity contribution is 0.306. The number of unbranched alkanes of at least 4 members (excludes halogenated alkanes) is 2. The lowest BCUT2D eigenvalue weighted by Gasteiger charge is -2.12. The fourth-order valence-electron chi connectivity index (χ4n) is 1.56. The van der Waals surface area contributed by atoms with Crippen LogP contribution < -0.4 is 10.5 Å². The zero-order valence-corrected chi connectivity index (χ0v) is 11.6. The minimum Gasteiger partial charge on any atom is -0.490 e. The van der Waals surface area contributed by atoms with E-state index >= 15 is 0 Å². The Bertz CT molecular complexity index is 316. The number of rotatable bonds is 6. The molecule has 0 aromatic heterocycles. The molecule has 2 nitrogen and oxygen atoms in total. The molecule has 0 heterocycles. The van der Waals surface area contributed by atoms with Crippen molar-refractivity contribution in [2.75, 3.05) is 12.3 Å². The SMILES string of the molecule is CCCCCOc1c(N)cc(CC)cc1Br. The van der Waals surface area contributed by atoms with Gasteiger partial charge in [0, 0.05) is 0 Å². The second-order valence-electron chi connectivity index (χ2n) is 3.91. The number of benzene rings is 1. The van der Waals surface area contributed by atoms with Crippen molar-refractivity contribution in [2.24, 2.45) is 0 Å². The van der Waals surface area contributed by atoms with Crippen molar-refractivity contribution in [2.45, 2.75) is 39.5 Å². The minimum atomic E-state index is 0.725. The average molecular weight is 286 g/mol. The molecule has 0 unspecified atom stereocenters. The van der Waals surface area contributed by atoms with Gasteiger partial charge in [0.2, 0.25) is 0 Å². The van der Waals surface area contributed by atoms with Gasteiger partial charge in [0.1, 0.15) is 0 Å². The quantitative estimate of drug-likeness (QED) is 0.629. The fraction of sp³-hybridized carbons (Fsp3) is 0.538. The van der Waals surface area contributed by atoms with Crippen LogP contribution in [0, 0.1) is 0 Å². The van der Waals surface area contributed by atoms with E-state index in [9.17, 15) is 0 Å². The van der Waals surface area contributed by atoms with Crippen molar-refractivity contribution in [3.63, 3.8) is 0 Å². The summed E-state index contributed by atoms with van der Waals surface area (Å²) in [5.74, 6) is 0.785. The van der Waals surface area contributed by atoms with Gasteiger partial charge in [-0.3, -0.25) is 0 Å². The van der Waals surface area contributed by atoms with Gasteiger partial charge in [-0.2, -0.15) is 0 Å². The summed E-state index contributed by atoms with van der Waals surface area (Å²) in [4.78, 5) is 0. The first kappa shape index (κ1) is 13.4. The molecule has 0 saturated carbocycles. The normalized spacial score (nSPS) is 10.4. The van der Waals surface area contributed by atoms with E-state index in [0.717, 1.165) is 35.4 Å². The van der Waals surface area contributed by atoms with E-state index in [0.29, 0.717) is 0 Å². The van der Waals surface area contributed by atoms with Crippen LogP contribution in [0.3, 0.4) is 0 Å². The molecule has 90 valence electrons. The molecule has 0 bridgehead atoms. The van der Waals surface area contributed by atoms with Gasteiger partial charge in [0.25, 0.3) is 0 Å². The predicted octanol–water partition coefficient (Wildman–Crippen LogP) is 4.16. The van der Waals surface area contributed by atoms with Gasteiger partial charge in [-0.25, -0.2) is 0 Å². The standard InChI is InChI=1S/C13H20BrNO/c1-3-5-6-7-16-13-11(14)8-10(4-2)9-12(13)15/h8-9H,3-7,15H2,1-2H3. The molecule has 0 saturated heterocycles. The fourth-order valence-corrected chi connectivity index (χ4v) is 2.19. The van der Waals surface area contributed by atoms with Gasteiger partial charge in [-0.1, -0.05) is 26.7 Å². The second kappa shape index (κ2) is 6.79. The molecule has 0 radical (unpaired) electrons. The van der Waals surface area contributed by atoms with Gasteiger partial charge in [0.05, 0.1) is 16.8 Å². The third-order valence-electron chi connectivity index (χ3n) is 2.53. The van der Waals surface area contributed by atoms with Crippen LogP contribution in [0.4, 0.5) is 5.69 Å². The van der Waals surface area contributed by atoms with E-state index in [1.807, 2.05) is 6.07 Å². The van der Waals surface area contributed by atoms with Crippen molar-refractivity contribution in [3.05, 3.63) is 22.2 Å². The Morgan fingerprint density at radius 2 is 2.00 bits per heavy atom. The monoisotopic (exact) mass is 285 g/mol. The van der Waals surface area contributed by atoms with Crippen molar-refractivity contribution >= 4 is 21.6 Å². The molecule has 0 fully saturated rings.